The maximum absolute atomic E-state index is 14.9. The number of aromatic nitrogens is 3. The molecule has 0 radical (unpaired) electrons. The maximum atomic E-state index is 14.9. The van der Waals surface area contributed by atoms with E-state index in [2.05, 4.69) is 15.0 Å². The fourth-order valence-corrected chi connectivity index (χ4v) is 4.46. The molecule has 0 spiro atoms. The van der Waals surface area contributed by atoms with Gasteiger partial charge in [-0.15, -0.1) is 0 Å². The Morgan fingerprint density at radius 3 is 2.55 bits per heavy atom. The number of carboxylic acids is 1. The summed E-state index contributed by atoms with van der Waals surface area (Å²) in [6.07, 6.45) is 5.32. The Bertz CT molecular complexity index is 1240. The molecule has 0 aliphatic heterocycles. The molecule has 0 saturated heterocycles. The van der Waals surface area contributed by atoms with Crippen molar-refractivity contribution in [2.45, 2.75) is 38.2 Å². The number of hydrogen-bond acceptors (Lipinski definition) is 4. The summed E-state index contributed by atoms with van der Waals surface area (Å²) >= 11 is 0. The SMILES string of the molecule is O=C(O)C[C@H]1CC[C@H](Oc2ccc(-c3ccc(-c4nc5ccccc5[nH]4)c(F)c3)cn2)CC1. The molecule has 1 saturated carbocycles. The second kappa shape index (κ2) is 9.02. The number of rotatable bonds is 6. The van der Waals surface area contributed by atoms with Crippen molar-refractivity contribution < 1.29 is 19.0 Å². The van der Waals surface area contributed by atoms with Crippen molar-refractivity contribution in [2.75, 3.05) is 0 Å². The average Bonchev–Trinajstić information content (AvgIpc) is 3.24. The number of nitrogens with one attached hydrogen (secondary N) is 1. The summed E-state index contributed by atoms with van der Waals surface area (Å²) in [5.41, 5.74) is 3.60. The summed E-state index contributed by atoms with van der Waals surface area (Å²) in [6.45, 7) is 0. The van der Waals surface area contributed by atoms with Crippen molar-refractivity contribution in [3.05, 3.63) is 66.6 Å². The molecule has 2 aromatic heterocycles. The highest BCUT2D eigenvalue weighted by Gasteiger charge is 2.24. The lowest BCUT2D eigenvalue weighted by Crippen LogP contribution is -2.25. The topological polar surface area (TPSA) is 88.1 Å². The van der Waals surface area contributed by atoms with Crippen LogP contribution in [0.2, 0.25) is 0 Å². The van der Waals surface area contributed by atoms with Crippen LogP contribution in [-0.4, -0.2) is 32.1 Å². The standard InChI is InChI=1S/C26H24FN3O3/c27-21-14-17(7-11-20(21)26-29-22-3-1-2-4-23(22)30-26)18-8-12-24(28-15-18)33-19-9-5-16(6-10-19)13-25(31)32/h1-4,7-8,11-12,14-16,19H,5-6,9-10,13H2,(H,29,30)(H,31,32)/t16-,19-. The first-order valence-electron chi connectivity index (χ1n) is 11.1. The summed E-state index contributed by atoms with van der Waals surface area (Å²) < 4.78 is 20.9. The van der Waals surface area contributed by atoms with Crippen LogP contribution in [-0.2, 0) is 4.79 Å². The van der Waals surface area contributed by atoms with E-state index in [1.54, 1.807) is 18.3 Å². The fourth-order valence-electron chi connectivity index (χ4n) is 4.46. The van der Waals surface area contributed by atoms with E-state index in [1.807, 2.05) is 36.4 Å². The molecule has 2 N–H and O–H groups in total. The number of fused-ring (bicyclic) bond motifs is 1. The first-order chi connectivity index (χ1) is 16.0. The minimum absolute atomic E-state index is 0.0499. The molecule has 1 fully saturated rings. The summed E-state index contributed by atoms with van der Waals surface area (Å²) in [4.78, 5) is 22.9. The Morgan fingerprint density at radius 2 is 1.85 bits per heavy atom. The van der Waals surface area contributed by atoms with Gasteiger partial charge in [-0.1, -0.05) is 18.2 Å². The first kappa shape index (κ1) is 21.1. The van der Waals surface area contributed by atoms with Crippen LogP contribution in [0, 0.1) is 11.7 Å². The Kier molecular flexibility index (Phi) is 5.77. The quantitative estimate of drug-likeness (QED) is 0.389. The minimum Gasteiger partial charge on any atom is -0.481 e. The van der Waals surface area contributed by atoms with Crippen LogP contribution in [0.5, 0.6) is 5.88 Å². The number of para-hydroxylation sites is 2. The van der Waals surface area contributed by atoms with Crippen molar-refractivity contribution in [3.63, 3.8) is 0 Å². The molecule has 0 bridgehead atoms. The summed E-state index contributed by atoms with van der Waals surface area (Å²) in [5.74, 6) is 0.166. The average molecular weight is 445 g/mol. The molecule has 7 heteroatoms. The van der Waals surface area contributed by atoms with Crippen LogP contribution in [0.15, 0.2) is 60.8 Å². The van der Waals surface area contributed by atoms with Gasteiger partial charge in [0.05, 0.1) is 16.6 Å². The molecule has 0 atom stereocenters. The van der Waals surface area contributed by atoms with Gasteiger partial charge < -0.3 is 14.8 Å². The summed E-state index contributed by atoms with van der Waals surface area (Å²) in [7, 11) is 0. The van der Waals surface area contributed by atoms with Crippen LogP contribution in [0.1, 0.15) is 32.1 Å². The number of H-pyrrole nitrogens is 1. The lowest BCUT2D eigenvalue weighted by molar-refractivity contribution is -0.138. The van der Waals surface area contributed by atoms with E-state index in [0.717, 1.165) is 47.8 Å². The van der Waals surface area contributed by atoms with E-state index in [4.69, 9.17) is 9.84 Å². The van der Waals surface area contributed by atoms with Crippen molar-refractivity contribution in [1.82, 2.24) is 15.0 Å². The number of carbonyl (C=O) groups is 1. The lowest BCUT2D eigenvalue weighted by atomic mass is 9.85. The van der Waals surface area contributed by atoms with Gasteiger partial charge in [-0.05, 0) is 67.5 Å². The zero-order valence-electron chi connectivity index (χ0n) is 18.0. The number of ether oxygens (including phenoxy) is 1. The molecule has 5 rings (SSSR count). The molecule has 0 amide bonds. The van der Waals surface area contributed by atoms with Gasteiger partial charge >= 0.3 is 5.97 Å². The van der Waals surface area contributed by atoms with Crippen molar-refractivity contribution in [2.24, 2.45) is 5.92 Å². The molecular formula is C26H24FN3O3. The third kappa shape index (κ3) is 4.72. The zero-order chi connectivity index (χ0) is 22.8. The van der Waals surface area contributed by atoms with Gasteiger partial charge in [-0.25, -0.2) is 14.4 Å². The number of hydrogen-bond donors (Lipinski definition) is 2. The second-order valence-corrected chi connectivity index (χ2v) is 8.54. The molecule has 2 aromatic carbocycles. The molecule has 1 aliphatic rings. The Hall–Kier alpha value is -3.74. The largest absolute Gasteiger partial charge is 0.481 e. The van der Waals surface area contributed by atoms with Crippen LogP contribution in [0.3, 0.4) is 0 Å². The minimum atomic E-state index is -0.737. The number of halogens is 1. The summed E-state index contributed by atoms with van der Waals surface area (Å²) in [5, 5.41) is 8.94. The summed E-state index contributed by atoms with van der Waals surface area (Å²) in [6, 6.07) is 16.3. The molecule has 168 valence electrons. The van der Waals surface area contributed by atoms with E-state index in [1.165, 1.54) is 6.07 Å². The smallest absolute Gasteiger partial charge is 0.303 e. The van der Waals surface area contributed by atoms with E-state index in [0.29, 0.717) is 17.3 Å². The molecule has 0 unspecified atom stereocenters. The van der Waals surface area contributed by atoms with Gasteiger partial charge in [0.2, 0.25) is 5.88 Å². The van der Waals surface area contributed by atoms with Gasteiger partial charge in [-0.3, -0.25) is 4.79 Å². The predicted octanol–water partition coefficient (Wildman–Crippen LogP) is 5.84. The molecule has 6 nitrogen and oxygen atoms in total. The van der Waals surface area contributed by atoms with Crippen molar-refractivity contribution in [3.8, 4) is 28.4 Å². The highest BCUT2D eigenvalue weighted by molar-refractivity contribution is 5.80. The first-order valence-corrected chi connectivity index (χ1v) is 11.1. The number of aliphatic carboxylic acids is 1. The number of benzene rings is 2. The predicted molar refractivity (Wildman–Crippen MR) is 123 cm³/mol. The molecule has 4 aromatic rings. The third-order valence-corrected chi connectivity index (χ3v) is 6.23. The molecule has 1 aliphatic carbocycles. The van der Waals surface area contributed by atoms with E-state index >= 15 is 0 Å². The van der Waals surface area contributed by atoms with E-state index in [9.17, 15) is 9.18 Å². The third-order valence-electron chi connectivity index (χ3n) is 6.23. The molecule has 2 heterocycles. The van der Waals surface area contributed by atoms with Crippen molar-refractivity contribution in [1.29, 1.82) is 0 Å². The zero-order valence-corrected chi connectivity index (χ0v) is 18.0. The van der Waals surface area contributed by atoms with Crippen LogP contribution < -0.4 is 4.74 Å². The van der Waals surface area contributed by atoms with E-state index in [-0.39, 0.29) is 24.3 Å². The molecular weight excluding hydrogens is 421 g/mol. The van der Waals surface area contributed by atoms with Crippen LogP contribution in [0.25, 0.3) is 33.5 Å². The molecule has 33 heavy (non-hydrogen) atoms. The number of aromatic amines is 1. The fraction of sp³-hybridized carbons (Fsp3) is 0.269. The number of carboxylic acid groups (broad SMARTS) is 1. The Morgan fingerprint density at radius 1 is 1.06 bits per heavy atom. The van der Waals surface area contributed by atoms with Gasteiger partial charge in [0.1, 0.15) is 17.7 Å². The second-order valence-electron chi connectivity index (χ2n) is 8.54. The van der Waals surface area contributed by atoms with Crippen molar-refractivity contribution >= 4 is 17.0 Å². The number of nitrogens with zero attached hydrogens (tertiary/aromatic N) is 2. The number of imidazole rings is 1. The van der Waals surface area contributed by atoms with Crippen LogP contribution in [0.4, 0.5) is 4.39 Å². The maximum Gasteiger partial charge on any atom is 0.303 e. The van der Waals surface area contributed by atoms with Gasteiger partial charge in [0, 0.05) is 24.2 Å². The Balaban J connectivity index is 1.25. The van der Waals surface area contributed by atoms with E-state index < -0.39 is 5.97 Å². The highest BCUT2D eigenvalue weighted by Crippen LogP contribution is 2.31. The number of pyridine rings is 1. The van der Waals surface area contributed by atoms with Crippen LogP contribution >= 0.6 is 0 Å². The Labute approximate surface area is 190 Å². The van der Waals surface area contributed by atoms with Gasteiger partial charge in [-0.2, -0.15) is 0 Å². The lowest BCUT2D eigenvalue weighted by Gasteiger charge is -2.27. The normalized spacial score (nSPS) is 18.3. The monoisotopic (exact) mass is 445 g/mol. The van der Waals surface area contributed by atoms with Gasteiger partial charge in [0.15, 0.2) is 0 Å². The van der Waals surface area contributed by atoms with Gasteiger partial charge in [0.25, 0.3) is 0 Å². The highest BCUT2D eigenvalue weighted by atomic mass is 19.1.